The lowest BCUT2D eigenvalue weighted by atomic mass is 10.1. The van der Waals surface area contributed by atoms with Crippen molar-refractivity contribution in [3.63, 3.8) is 0 Å². The highest BCUT2D eigenvalue weighted by molar-refractivity contribution is 9.10. The molecule has 0 atom stereocenters. The largest absolute Gasteiger partial charge is 0.370 e. The fourth-order valence-corrected chi connectivity index (χ4v) is 1.56. The van der Waals surface area contributed by atoms with E-state index < -0.39 is 0 Å². The quantitative estimate of drug-likeness (QED) is 0.886. The molecule has 0 saturated heterocycles. The van der Waals surface area contributed by atoms with Gasteiger partial charge < -0.3 is 5.73 Å². The Hall–Kier alpha value is -0.900. The van der Waals surface area contributed by atoms with Crippen molar-refractivity contribution in [2.45, 2.75) is 12.8 Å². The molecular formula is C10H10BrFNO. The molecule has 1 aromatic rings. The smallest absolute Gasteiger partial charge is 0.217 e. The van der Waals surface area contributed by atoms with Crippen LogP contribution in [0.1, 0.15) is 18.4 Å². The van der Waals surface area contributed by atoms with E-state index in [1.54, 1.807) is 12.5 Å². The van der Waals surface area contributed by atoms with Crippen molar-refractivity contribution in [2.24, 2.45) is 5.73 Å². The van der Waals surface area contributed by atoms with Crippen molar-refractivity contribution < 1.29 is 9.18 Å². The van der Waals surface area contributed by atoms with Gasteiger partial charge >= 0.3 is 0 Å². The topological polar surface area (TPSA) is 43.1 Å². The first-order chi connectivity index (χ1) is 6.58. The van der Waals surface area contributed by atoms with E-state index in [4.69, 9.17) is 5.73 Å². The molecule has 4 heteroatoms. The summed E-state index contributed by atoms with van der Waals surface area (Å²) in [6.07, 6.45) is 2.60. The number of nitrogens with two attached hydrogens (primary N) is 1. The molecule has 0 aliphatic rings. The Balaban J connectivity index is 2.54. The summed E-state index contributed by atoms with van der Waals surface area (Å²) in [5.41, 5.74) is 5.72. The third kappa shape index (κ3) is 3.87. The lowest BCUT2D eigenvalue weighted by molar-refractivity contribution is -0.117. The summed E-state index contributed by atoms with van der Waals surface area (Å²) < 4.78 is 13.6. The molecule has 2 nitrogen and oxygen atoms in total. The van der Waals surface area contributed by atoms with Gasteiger partial charge in [0.05, 0.1) is 0 Å². The Labute approximate surface area is 90.4 Å². The molecule has 0 saturated carbocycles. The highest BCUT2D eigenvalue weighted by Gasteiger charge is 2.00. The van der Waals surface area contributed by atoms with E-state index in [1.165, 1.54) is 12.1 Å². The van der Waals surface area contributed by atoms with Crippen LogP contribution in [0.2, 0.25) is 0 Å². The van der Waals surface area contributed by atoms with Gasteiger partial charge in [0.1, 0.15) is 5.82 Å². The van der Waals surface area contributed by atoms with Crippen LogP contribution in [-0.2, 0) is 4.79 Å². The molecule has 75 valence electrons. The first-order valence-corrected chi connectivity index (χ1v) is 4.95. The zero-order valence-electron chi connectivity index (χ0n) is 7.47. The summed E-state index contributed by atoms with van der Waals surface area (Å²) in [5.74, 6) is -0.651. The van der Waals surface area contributed by atoms with Gasteiger partial charge in [0.15, 0.2) is 0 Å². The number of hydrogen-bond acceptors (Lipinski definition) is 1. The normalized spacial score (nSPS) is 10.1. The van der Waals surface area contributed by atoms with E-state index in [-0.39, 0.29) is 18.1 Å². The van der Waals surface area contributed by atoms with Gasteiger partial charge in [-0.25, -0.2) is 4.39 Å². The van der Waals surface area contributed by atoms with Crippen molar-refractivity contribution in [1.29, 1.82) is 0 Å². The molecule has 0 bridgehead atoms. The zero-order chi connectivity index (χ0) is 10.6. The van der Waals surface area contributed by atoms with E-state index in [2.05, 4.69) is 15.9 Å². The molecule has 0 fully saturated rings. The van der Waals surface area contributed by atoms with Crippen LogP contribution in [-0.4, -0.2) is 5.91 Å². The van der Waals surface area contributed by atoms with Crippen molar-refractivity contribution >= 4 is 21.8 Å². The number of rotatable bonds is 4. The first kappa shape index (κ1) is 11.2. The van der Waals surface area contributed by atoms with Crippen LogP contribution in [0.3, 0.4) is 0 Å². The van der Waals surface area contributed by atoms with Gasteiger partial charge in [-0.2, -0.15) is 0 Å². The van der Waals surface area contributed by atoms with Crippen LogP contribution < -0.4 is 5.73 Å². The minimum Gasteiger partial charge on any atom is -0.370 e. The number of benzene rings is 1. The molecular weight excluding hydrogens is 249 g/mol. The maximum atomic E-state index is 12.9. The molecule has 0 spiro atoms. The number of carbonyl (C=O) groups is 1. The zero-order valence-corrected chi connectivity index (χ0v) is 9.05. The van der Waals surface area contributed by atoms with Crippen molar-refractivity contribution in [3.8, 4) is 0 Å². The Morgan fingerprint density at radius 3 is 2.79 bits per heavy atom. The Bertz CT molecular complexity index is 321. The van der Waals surface area contributed by atoms with Gasteiger partial charge in [-0.3, -0.25) is 4.79 Å². The number of primary amides is 1. The minimum absolute atomic E-state index is 0.286. The summed E-state index contributed by atoms with van der Waals surface area (Å²) in [6.45, 7) is 0. The molecule has 0 aliphatic heterocycles. The van der Waals surface area contributed by atoms with Crippen LogP contribution in [0.5, 0.6) is 0 Å². The third-order valence-electron chi connectivity index (χ3n) is 1.66. The molecule has 1 aromatic carbocycles. The van der Waals surface area contributed by atoms with Crippen molar-refractivity contribution in [1.82, 2.24) is 0 Å². The highest BCUT2D eigenvalue weighted by atomic mass is 79.9. The lowest BCUT2D eigenvalue weighted by Gasteiger charge is -2.01. The van der Waals surface area contributed by atoms with E-state index in [1.807, 2.05) is 0 Å². The van der Waals surface area contributed by atoms with Crippen molar-refractivity contribution in [2.75, 3.05) is 0 Å². The van der Waals surface area contributed by atoms with Gasteiger partial charge in [0.2, 0.25) is 5.91 Å². The van der Waals surface area contributed by atoms with Crippen LogP contribution in [0.4, 0.5) is 4.39 Å². The lowest BCUT2D eigenvalue weighted by Crippen LogP contribution is -2.09. The third-order valence-corrected chi connectivity index (χ3v) is 2.11. The predicted molar refractivity (Wildman–Crippen MR) is 55.9 cm³/mol. The average Bonchev–Trinajstić information content (AvgIpc) is 2.01. The standard InChI is InChI=1S/C10H10BrFNO/c11-8-4-7(5-9(12)6-8)2-1-3-10(13)14/h2,4-6H,1,3H2,(H2,13,14). The molecule has 1 amide bonds. The summed E-state index contributed by atoms with van der Waals surface area (Å²) in [6, 6.07) is 4.57. The minimum atomic E-state index is -0.350. The number of amides is 1. The van der Waals surface area contributed by atoms with Crippen LogP contribution in [0.15, 0.2) is 22.7 Å². The van der Waals surface area contributed by atoms with E-state index in [9.17, 15) is 9.18 Å². The maximum absolute atomic E-state index is 12.9. The van der Waals surface area contributed by atoms with Crippen molar-refractivity contribution in [3.05, 3.63) is 40.5 Å². The van der Waals surface area contributed by atoms with Gasteiger partial charge in [0.25, 0.3) is 0 Å². The predicted octanol–water partition coefficient (Wildman–Crippen LogP) is 2.41. The first-order valence-electron chi connectivity index (χ1n) is 4.15. The maximum Gasteiger partial charge on any atom is 0.217 e. The Morgan fingerprint density at radius 2 is 2.21 bits per heavy atom. The van der Waals surface area contributed by atoms with Crippen LogP contribution >= 0.6 is 15.9 Å². The van der Waals surface area contributed by atoms with E-state index >= 15 is 0 Å². The summed E-state index contributed by atoms with van der Waals surface area (Å²) in [4.78, 5) is 10.4. The van der Waals surface area contributed by atoms with E-state index in [0.717, 1.165) is 5.56 Å². The number of carbonyl (C=O) groups excluding carboxylic acids is 1. The molecule has 1 radical (unpaired) electrons. The SMILES string of the molecule is NC(=O)CC[CH]c1cc(F)cc(Br)c1. The van der Waals surface area contributed by atoms with Gasteiger partial charge in [-0.1, -0.05) is 15.9 Å². The second kappa shape index (κ2) is 5.10. The second-order valence-electron chi connectivity index (χ2n) is 2.91. The average molecular weight is 259 g/mol. The summed E-state index contributed by atoms with van der Waals surface area (Å²) in [7, 11) is 0. The molecule has 0 aliphatic carbocycles. The van der Waals surface area contributed by atoms with Gasteiger partial charge in [0, 0.05) is 10.9 Å². The van der Waals surface area contributed by atoms with Crippen LogP contribution in [0, 0.1) is 12.2 Å². The Kier molecular flexibility index (Phi) is 4.07. The molecule has 14 heavy (non-hydrogen) atoms. The molecule has 2 N–H and O–H groups in total. The fraction of sp³-hybridized carbons (Fsp3) is 0.200. The molecule has 0 heterocycles. The van der Waals surface area contributed by atoms with Gasteiger partial charge in [-0.05, 0) is 36.6 Å². The summed E-state index contributed by atoms with van der Waals surface area (Å²) in [5, 5.41) is 0. The molecule has 0 aromatic heterocycles. The number of hydrogen-bond donors (Lipinski definition) is 1. The Morgan fingerprint density at radius 1 is 1.50 bits per heavy atom. The number of halogens is 2. The highest BCUT2D eigenvalue weighted by Crippen LogP contribution is 2.17. The van der Waals surface area contributed by atoms with E-state index in [0.29, 0.717) is 10.9 Å². The monoisotopic (exact) mass is 258 g/mol. The molecule has 0 unspecified atom stereocenters. The summed E-state index contributed by atoms with van der Waals surface area (Å²) >= 11 is 3.18. The van der Waals surface area contributed by atoms with Gasteiger partial charge in [-0.15, -0.1) is 0 Å². The molecule has 1 rings (SSSR count). The second-order valence-corrected chi connectivity index (χ2v) is 3.83. The van der Waals surface area contributed by atoms with Crippen LogP contribution in [0.25, 0.3) is 0 Å². The fourth-order valence-electron chi connectivity index (χ4n) is 1.07.